The Morgan fingerprint density at radius 2 is 2.20 bits per heavy atom. The van der Waals surface area contributed by atoms with E-state index < -0.39 is 0 Å². The summed E-state index contributed by atoms with van der Waals surface area (Å²) in [4.78, 5) is 0. The van der Waals surface area contributed by atoms with Gasteiger partial charge in [0.25, 0.3) is 0 Å². The molecule has 0 aliphatic carbocycles. The van der Waals surface area contributed by atoms with Crippen LogP contribution in [0.15, 0.2) is 35.4 Å². The first-order valence-corrected chi connectivity index (χ1v) is 5.23. The second-order valence-electron chi connectivity index (χ2n) is 3.34. The van der Waals surface area contributed by atoms with Crippen molar-refractivity contribution in [3.8, 4) is 0 Å². The van der Waals surface area contributed by atoms with Gasteiger partial charge in [0.1, 0.15) is 0 Å². The second-order valence-corrected chi connectivity index (χ2v) is 3.77. The SMILES string of the molecule is CC(CC=NNC(N)=S)c1ccccc1. The quantitative estimate of drug-likeness (QED) is 0.464. The van der Waals surface area contributed by atoms with E-state index in [4.69, 9.17) is 5.73 Å². The van der Waals surface area contributed by atoms with Crippen LogP contribution in [0.3, 0.4) is 0 Å². The summed E-state index contributed by atoms with van der Waals surface area (Å²) in [6.07, 6.45) is 2.65. The second kappa shape index (κ2) is 6.14. The molecule has 0 spiro atoms. The Kier molecular flexibility index (Phi) is 4.77. The van der Waals surface area contributed by atoms with Gasteiger partial charge in [-0.05, 0) is 30.1 Å². The number of nitrogens with zero attached hydrogens (tertiary/aromatic N) is 1. The van der Waals surface area contributed by atoms with Gasteiger partial charge in [0, 0.05) is 6.21 Å². The zero-order chi connectivity index (χ0) is 11.1. The largest absolute Gasteiger partial charge is 0.375 e. The van der Waals surface area contributed by atoms with Crippen LogP contribution in [0.1, 0.15) is 24.8 Å². The smallest absolute Gasteiger partial charge is 0.184 e. The van der Waals surface area contributed by atoms with Gasteiger partial charge in [-0.1, -0.05) is 37.3 Å². The molecule has 0 heterocycles. The minimum absolute atomic E-state index is 0.193. The van der Waals surface area contributed by atoms with Crippen molar-refractivity contribution in [2.24, 2.45) is 10.8 Å². The molecule has 3 N–H and O–H groups in total. The third-order valence-corrected chi connectivity index (χ3v) is 2.18. The molecule has 0 amide bonds. The molecule has 1 unspecified atom stereocenters. The molecule has 0 aliphatic heterocycles. The predicted octanol–water partition coefficient (Wildman–Crippen LogP) is 2.00. The number of rotatable bonds is 4. The van der Waals surface area contributed by atoms with Gasteiger partial charge in [0.15, 0.2) is 5.11 Å². The highest BCUT2D eigenvalue weighted by Crippen LogP contribution is 2.16. The molecule has 0 fully saturated rings. The van der Waals surface area contributed by atoms with Crippen molar-refractivity contribution < 1.29 is 0 Å². The maximum Gasteiger partial charge on any atom is 0.184 e. The van der Waals surface area contributed by atoms with Gasteiger partial charge in [-0.25, -0.2) is 0 Å². The van der Waals surface area contributed by atoms with Gasteiger partial charge in [-0.15, -0.1) is 0 Å². The van der Waals surface area contributed by atoms with E-state index in [1.807, 2.05) is 18.2 Å². The molecule has 1 atom stereocenters. The van der Waals surface area contributed by atoms with Crippen LogP contribution in [0.5, 0.6) is 0 Å². The molecule has 1 aromatic rings. The van der Waals surface area contributed by atoms with Crippen LogP contribution in [0, 0.1) is 0 Å². The minimum atomic E-state index is 0.193. The maximum absolute atomic E-state index is 5.23. The molecule has 0 aliphatic rings. The van der Waals surface area contributed by atoms with E-state index in [-0.39, 0.29) is 5.11 Å². The summed E-state index contributed by atoms with van der Waals surface area (Å²) < 4.78 is 0. The van der Waals surface area contributed by atoms with Crippen molar-refractivity contribution in [2.75, 3.05) is 0 Å². The predicted molar refractivity (Wildman–Crippen MR) is 67.9 cm³/mol. The van der Waals surface area contributed by atoms with Gasteiger partial charge in [0.2, 0.25) is 0 Å². The van der Waals surface area contributed by atoms with Crippen LogP contribution < -0.4 is 11.2 Å². The van der Waals surface area contributed by atoms with E-state index in [1.54, 1.807) is 6.21 Å². The highest BCUT2D eigenvalue weighted by Gasteiger charge is 2.01. The van der Waals surface area contributed by atoms with Gasteiger partial charge < -0.3 is 5.73 Å². The average molecular weight is 221 g/mol. The molecular formula is C11H15N3S. The lowest BCUT2D eigenvalue weighted by Gasteiger charge is -2.07. The Labute approximate surface area is 95.4 Å². The molecular weight excluding hydrogens is 206 g/mol. The lowest BCUT2D eigenvalue weighted by atomic mass is 9.99. The standard InChI is InChI=1S/C11H15N3S/c1-9(7-8-13-14-11(12)15)10-5-3-2-4-6-10/h2-6,8-9H,7H2,1H3,(H3,12,14,15). The van der Waals surface area contributed by atoms with Crippen LogP contribution in [0.25, 0.3) is 0 Å². The number of benzene rings is 1. The Balaban J connectivity index is 2.40. The van der Waals surface area contributed by atoms with Gasteiger partial charge >= 0.3 is 0 Å². The van der Waals surface area contributed by atoms with Crippen LogP contribution in [-0.4, -0.2) is 11.3 Å². The summed E-state index contributed by atoms with van der Waals surface area (Å²) in [5, 5.41) is 4.09. The Morgan fingerprint density at radius 3 is 2.80 bits per heavy atom. The van der Waals surface area contributed by atoms with Crippen LogP contribution in [-0.2, 0) is 0 Å². The van der Waals surface area contributed by atoms with Gasteiger partial charge in [0.05, 0.1) is 0 Å². The monoisotopic (exact) mass is 221 g/mol. The Hall–Kier alpha value is -1.42. The molecule has 1 rings (SSSR count). The minimum Gasteiger partial charge on any atom is -0.375 e. The van der Waals surface area contributed by atoms with Gasteiger partial charge in [-0.3, -0.25) is 5.43 Å². The highest BCUT2D eigenvalue weighted by atomic mass is 32.1. The van der Waals surface area contributed by atoms with Crippen molar-refractivity contribution in [3.63, 3.8) is 0 Å². The van der Waals surface area contributed by atoms with Crippen LogP contribution >= 0.6 is 12.2 Å². The number of hydrogen-bond acceptors (Lipinski definition) is 2. The van der Waals surface area contributed by atoms with Crippen LogP contribution in [0.2, 0.25) is 0 Å². The first-order valence-electron chi connectivity index (χ1n) is 4.82. The summed E-state index contributed by atoms with van der Waals surface area (Å²) in [6.45, 7) is 2.15. The normalized spacial score (nSPS) is 12.6. The van der Waals surface area contributed by atoms with E-state index in [2.05, 4.69) is 41.8 Å². The molecule has 0 bridgehead atoms. The molecule has 4 heteroatoms. The summed E-state index contributed by atoms with van der Waals surface area (Å²) in [5.41, 5.74) is 9.06. The van der Waals surface area contributed by atoms with Crippen molar-refractivity contribution >= 4 is 23.5 Å². The summed E-state index contributed by atoms with van der Waals surface area (Å²) in [5.74, 6) is 0.447. The van der Waals surface area contributed by atoms with Crippen molar-refractivity contribution in [2.45, 2.75) is 19.3 Å². The highest BCUT2D eigenvalue weighted by molar-refractivity contribution is 7.80. The van der Waals surface area contributed by atoms with E-state index in [0.717, 1.165) is 6.42 Å². The van der Waals surface area contributed by atoms with Crippen molar-refractivity contribution in [1.29, 1.82) is 0 Å². The first-order chi connectivity index (χ1) is 7.20. The van der Waals surface area contributed by atoms with Crippen LogP contribution in [0.4, 0.5) is 0 Å². The molecule has 0 saturated heterocycles. The molecule has 80 valence electrons. The lowest BCUT2D eigenvalue weighted by Crippen LogP contribution is -2.24. The fourth-order valence-corrected chi connectivity index (χ4v) is 1.29. The van der Waals surface area contributed by atoms with E-state index in [1.165, 1.54) is 5.56 Å². The molecule has 0 saturated carbocycles. The fraction of sp³-hybridized carbons (Fsp3) is 0.273. The summed E-state index contributed by atoms with van der Waals surface area (Å²) in [6, 6.07) is 10.3. The molecule has 0 radical (unpaired) electrons. The average Bonchev–Trinajstić information content (AvgIpc) is 2.25. The first kappa shape index (κ1) is 11.7. The Bertz CT molecular complexity index is 335. The topological polar surface area (TPSA) is 50.4 Å². The number of nitrogens with two attached hydrogens (primary N) is 1. The summed E-state index contributed by atoms with van der Waals surface area (Å²) >= 11 is 4.62. The molecule has 0 aromatic heterocycles. The fourth-order valence-electron chi connectivity index (χ4n) is 1.24. The number of hydrogen-bond donors (Lipinski definition) is 2. The number of thiocarbonyl (C=S) groups is 1. The molecule has 15 heavy (non-hydrogen) atoms. The Morgan fingerprint density at radius 1 is 1.53 bits per heavy atom. The van der Waals surface area contributed by atoms with E-state index in [0.29, 0.717) is 5.92 Å². The number of hydrazone groups is 1. The summed E-state index contributed by atoms with van der Waals surface area (Å²) in [7, 11) is 0. The van der Waals surface area contributed by atoms with Crippen molar-refractivity contribution in [3.05, 3.63) is 35.9 Å². The zero-order valence-electron chi connectivity index (χ0n) is 8.68. The third-order valence-electron chi connectivity index (χ3n) is 2.09. The van der Waals surface area contributed by atoms with Crippen molar-refractivity contribution in [1.82, 2.24) is 5.43 Å². The van der Waals surface area contributed by atoms with Gasteiger partial charge in [-0.2, -0.15) is 5.10 Å². The molecule has 3 nitrogen and oxygen atoms in total. The lowest BCUT2D eigenvalue weighted by molar-refractivity contribution is 0.808. The third kappa shape index (κ3) is 4.56. The zero-order valence-corrected chi connectivity index (χ0v) is 9.50. The molecule has 1 aromatic carbocycles. The van der Waals surface area contributed by atoms with E-state index >= 15 is 0 Å². The van der Waals surface area contributed by atoms with E-state index in [9.17, 15) is 0 Å². The number of nitrogens with one attached hydrogen (secondary N) is 1. The maximum atomic E-state index is 5.23.